The zero-order valence-electron chi connectivity index (χ0n) is 38.4. The number of pyridine rings is 2. The predicted octanol–water partition coefficient (Wildman–Crippen LogP) is 16.0. The molecule has 5 heteroatoms. The first-order chi connectivity index (χ1) is 30.4. The first kappa shape index (κ1) is 43.9. The second-order valence-electron chi connectivity index (χ2n) is 20.1. The van der Waals surface area contributed by atoms with E-state index in [0.29, 0.717) is 34.2 Å². The average molecular weight is 1020 g/mol. The first-order valence-electron chi connectivity index (χ1n) is 23.2. The molecule has 5 aromatic carbocycles. The Bertz CT molecular complexity index is 2960. The summed E-state index contributed by atoms with van der Waals surface area (Å²) in [5.74, 6) is 4.14. The standard InChI is InChI=1S/C59H59N3O.Pt/c1-38-30-57(61-36-40(38)3)62-55-23-20-45(44-18-16-43(17-19-44)42-12-9-8-10-13-42)32-53(55)51-22-21-49(33-56(51)62)63-48-15-11-14-46(31-48)54-34-52(41(4)37-60-54)50-26-29-59(7,35-39(50)2)47-24-27-58(5,6)28-25-47;/h8-23,30,32,34,36-37,39,47,50H,24-29,35H2,1-7H3;/q-2;+2. The van der Waals surface area contributed by atoms with Crippen molar-refractivity contribution in [3.63, 3.8) is 0 Å². The number of rotatable bonds is 8. The Balaban J connectivity index is 0.00000518. The molecule has 3 atom stereocenters. The molecule has 0 amide bonds. The number of fused-ring (bicyclic) bond motifs is 3. The molecule has 2 aliphatic rings. The van der Waals surface area contributed by atoms with Crippen LogP contribution in [0, 0.1) is 55.6 Å². The van der Waals surface area contributed by atoms with Gasteiger partial charge in [-0.1, -0.05) is 112 Å². The molecular formula is C59H59N3OPt. The summed E-state index contributed by atoms with van der Waals surface area (Å²) in [6, 6.07) is 48.2. The van der Waals surface area contributed by atoms with Crippen molar-refractivity contribution >= 4 is 21.8 Å². The molecule has 0 radical (unpaired) electrons. The second kappa shape index (κ2) is 17.6. The second-order valence-corrected chi connectivity index (χ2v) is 20.1. The van der Waals surface area contributed by atoms with Gasteiger partial charge in [-0.15, -0.1) is 41.3 Å². The molecule has 2 fully saturated rings. The van der Waals surface area contributed by atoms with Crippen molar-refractivity contribution in [1.82, 2.24) is 14.5 Å². The summed E-state index contributed by atoms with van der Waals surface area (Å²) in [6.07, 6.45) is 13.4. The van der Waals surface area contributed by atoms with Crippen LogP contribution < -0.4 is 4.74 Å². The quantitative estimate of drug-likeness (QED) is 0.142. The van der Waals surface area contributed by atoms with Gasteiger partial charge >= 0.3 is 21.1 Å². The monoisotopic (exact) mass is 1020 g/mol. The summed E-state index contributed by atoms with van der Waals surface area (Å²) in [6.45, 7) is 16.5. The maximum Gasteiger partial charge on any atom is 2.00 e. The third-order valence-electron chi connectivity index (χ3n) is 15.2. The summed E-state index contributed by atoms with van der Waals surface area (Å²) in [5.41, 5.74) is 14.7. The molecule has 326 valence electrons. The minimum atomic E-state index is 0. The molecule has 8 aromatic rings. The van der Waals surface area contributed by atoms with Gasteiger partial charge in [0, 0.05) is 29.4 Å². The number of aryl methyl sites for hydroxylation is 3. The van der Waals surface area contributed by atoms with Crippen molar-refractivity contribution in [3.8, 4) is 50.8 Å². The predicted molar refractivity (Wildman–Crippen MR) is 261 cm³/mol. The Kier molecular flexibility index (Phi) is 12.1. The molecule has 0 saturated heterocycles. The summed E-state index contributed by atoms with van der Waals surface area (Å²) in [4.78, 5) is 9.89. The molecule has 3 heterocycles. The maximum absolute atomic E-state index is 6.63. The minimum absolute atomic E-state index is 0. The Morgan fingerprint density at radius 1 is 0.625 bits per heavy atom. The van der Waals surface area contributed by atoms with Crippen LogP contribution >= 0.6 is 0 Å². The van der Waals surface area contributed by atoms with Crippen molar-refractivity contribution in [2.75, 3.05) is 0 Å². The summed E-state index contributed by atoms with van der Waals surface area (Å²) < 4.78 is 8.84. The van der Waals surface area contributed by atoms with E-state index in [9.17, 15) is 0 Å². The van der Waals surface area contributed by atoms with E-state index in [1.807, 2.05) is 24.4 Å². The number of hydrogen-bond acceptors (Lipinski definition) is 3. The van der Waals surface area contributed by atoms with E-state index >= 15 is 0 Å². The van der Waals surface area contributed by atoms with Crippen LogP contribution in [0.4, 0.5) is 0 Å². The van der Waals surface area contributed by atoms with Gasteiger partial charge in [0.1, 0.15) is 5.82 Å². The van der Waals surface area contributed by atoms with Crippen LogP contribution in [0.25, 0.3) is 61.1 Å². The zero-order chi connectivity index (χ0) is 43.5. The number of nitrogens with zero attached hydrogens (tertiary/aromatic N) is 3. The normalized spacial score (nSPS) is 20.0. The van der Waals surface area contributed by atoms with E-state index in [1.165, 1.54) is 78.3 Å². The smallest absolute Gasteiger partial charge is 0.503 e. The van der Waals surface area contributed by atoms with Gasteiger partial charge in [0.25, 0.3) is 0 Å². The van der Waals surface area contributed by atoms with E-state index in [2.05, 4.69) is 168 Å². The van der Waals surface area contributed by atoms with Crippen molar-refractivity contribution in [2.24, 2.45) is 22.7 Å². The van der Waals surface area contributed by atoms with Crippen molar-refractivity contribution in [3.05, 3.63) is 162 Å². The first-order valence-corrected chi connectivity index (χ1v) is 23.2. The summed E-state index contributed by atoms with van der Waals surface area (Å²) in [7, 11) is 0. The van der Waals surface area contributed by atoms with Crippen LogP contribution in [0.3, 0.4) is 0 Å². The van der Waals surface area contributed by atoms with E-state index < -0.39 is 0 Å². The van der Waals surface area contributed by atoms with Crippen LogP contribution in [0.1, 0.15) is 101 Å². The number of ether oxygens (including phenoxy) is 1. The Hall–Kier alpha value is -5.31. The van der Waals surface area contributed by atoms with Gasteiger partial charge in [0.15, 0.2) is 0 Å². The summed E-state index contributed by atoms with van der Waals surface area (Å²) >= 11 is 0. The fourth-order valence-corrected chi connectivity index (χ4v) is 11.2. The van der Waals surface area contributed by atoms with Crippen molar-refractivity contribution in [1.29, 1.82) is 0 Å². The Morgan fingerprint density at radius 2 is 1.31 bits per heavy atom. The third-order valence-corrected chi connectivity index (χ3v) is 15.2. The Labute approximate surface area is 394 Å². The molecule has 3 aromatic heterocycles. The topological polar surface area (TPSA) is 39.9 Å². The largest absolute Gasteiger partial charge is 2.00 e. The zero-order valence-corrected chi connectivity index (χ0v) is 40.6. The van der Waals surface area contributed by atoms with Gasteiger partial charge in [-0.05, 0) is 162 Å². The number of benzene rings is 5. The molecule has 0 N–H and O–H groups in total. The molecule has 0 aliphatic heterocycles. The van der Waals surface area contributed by atoms with E-state index in [-0.39, 0.29) is 21.1 Å². The van der Waals surface area contributed by atoms with Gasteiger partial charge in [-0.3, -0.25) is 0 Å². The van der Waals surface area contributed by atoms with Gasteiger partial charge in [-0.2, -0.15) is 6.07 Å². The molecule has 2 aliphatic carbocycles. The molecule has 0 spiro atoms. The number of hydrogen-bond donors (Lipinski definition) is 0. The maximum atomic E-state index is 6.63. The average Bonchev–Trinajstić information content (AvgIpc) is 3.61. The van der Waals surface area contributed by atoms with Crippen molar-refractivity contribution in [2.45, 2.75) is 99.3 Å². The molecule has 0 bridgehead atoms. The van der Waals surface area contributed by atoms with Crippen LogP contribution in [0.2, 0.25) is 0 Å². The molecule has 10 rings (SSSR count). The van der Waals surface area contributed by atoms with Crippen LogP contribution in [-0.2, 0) is 21.1 Å². The third kappa shape index (κ3) is 8.51. The van der Waals surface area contributed by atoms with Crippen LogP contribution in [0.5, 0.6) is 11.5 Å². The van der Waals surface area contributed by atoms with E-state index in [1.54, 1.807) is 0 Å². The number of aromatic nitrogens is 3. The fourth-order valence-electron chi connectivity index (χ4n) is 11.2. The van der Waals surface area contributed by atoms with Gasteiger partial charge < -0.3 is 14.3 Å². The van der Waals surface area contributed by atoms with Crippen molar-refractivity contribution < 1.29 is 25.8 Å². The van der Waals surface area contributed by atoms with Crippen LogP contribution in [0.15, 0.2) is 128 Å². The Morgan fingerprint density at radius 3 is 2.05 bits per heavy atom. The van der Waals surface area contributed by atoms with Gasteiger partial charge in [0.05, 0.1) is 0 Å². The van der Waals surface area contributed by atoms with Crippen LogP contribution in [-0.4, -0.2) is 14.5 Å². The molecule has 2 saturated carbocycles. The van der Waals surface area contributed by atoms with E-state index in [0.717, 1.165) is 55.9 Å². The molecular weight excluding hydrogens is 962 g/mol. The molecule has 4 nitrogen and oxygen atoms in total. The molecule has 3 unspecified atom stereocenters. The fraction of sp³-hybridized carbons (Fsp3) is 0.322. The molecule has 64 heavy (non-hydrogen) atoms. The van der Waals surface area contributed by atoms with Gasteiger partial charge in [0.2, 0.25) is 0 Å². The van der Waals surface area contributed by atoms with E-state index in [4.69, 9.17) is 14.7 Å². The summed E-state index contributed by atoms with van der Waals surface area (Å²) in [5, 5.41) is 2.23. The van der Waals surface area contributed by atoms with Gasteiger partial charge in [-0.25, -0.2) is 4.98 Å². The SMILES string of the molecule is Cc1cnc(-n2c3[c-]c(Oc4[c-]c(-c5cc(C6CCC(C)(C7CCC(C)(C)CC7)CC6C)c(C)cn5)ccc4)ccc3c3cc(-c4ccc(-c5ccccc5)cc4)ccc32)cc1C.[Pt+2]. The minimum Gasteiger partial charge on any atom is -0.503 e.